The van der Waals surface area contributed by atoms with Crippen molar-refractivity contribution >= 4 is 17.7 Å². The molecular weight excluding hydrogens is 154 g/mol. The van der Waals surface area contributed by atoms with Crippen molar-refractivity contribution in [1.29, 1.82) is 0 Å². The van der Waals surface area contributed by atoms with Gasteiger partial charge in [-0.05, 0) is 18.2 Å². The molecule has 1 aliphatic carbocycles. The number of aliphatic carboxylic acids is 1. The maximum Gasteiger partial charge on any atom is 0.310 e. The third kappa shape index (κ3) is 1.49. The van der Waals surface area contributed by atoms with E-state index in [0.29, 0.717) is 6.42 Å². The lowest BCUT2D eigenvalue weighted by Crippen LogP contribution is -2.19. The molecule has 0 aromatic heterocycles. The number of carboxylic acids is 1. The van der Waals surface area contributed by atoms with Gasteiger partial charge >= 0.3 is 5.97 Å². The summed E-state index contributed by atoms with van der Waals surface area (Å²) in [5.74, 6) is -1.15. The zero-order valence-electron chi connectivity index (χ0n) is 5.25. The van der Waals surface area contributed by atoms with E-state index in [1.54, 1.807) is 12.2 Å². The molecule has 0 spiro atoms. The van der Waals surface area contributed by atoms with E-state index in [9.17, 15) is 4.79 Å². The van der Waals surface area contributed by atoms with Crippen LogP contribution >= 0.6 is 11.8 Å². The largest absolute Gasteiger partial charge is 0.481 e. The molecule has 0 bridgehead atoms. The van der Waals surface area contributed by atoms with E-state index in [1.807, 2.05) is 0 Å². The molecule has 0 saturated heterocycles. The third-order valence-electron chi connectivity index (χ3n) is 1.54. The second kappa shape index (κ2) is 3.03. The molecule has 0 unspecified atom stereocenters. The predicted octanol–water partition coefficient (Wildman–Crippen LogP) is 0.759. The first-order chi connectivity index (χ1) is 4.74. The zero-order valence-corrected chi connectivity index (χ0v) is 6.01. The van der Waals surface area contributed by atoms with Crippen LogP contribution in [0.4, 0.5) is 0 Å². The van der Waals surface area contributed by atoms with Gasteiger partial charge in [-0.15, -0.1) is 0 Å². The Morgan fingerprint density at radius 2 is 2.40 bits per heavy atom. The highest BCUT2D eigenvalue weighted by molar-refractivity contribution is 6.13. The highest BCUT2D eigenvalue weighted by Crippen LogP contribution is 2.17. The lowest BCUT2D eigenvalue weighted by Gasteiger charge is -2.04. The summed E-state index contributed by atoms with van der Waals surface area (Å²) < 4.78 is 0. The van der Waals surface area contributed by atoms with Gasteiger partial charge in [-0.2, -0.15) is 0 Å². The highest BCUT2D eigenvalue weighted by Gasteiger charge is 2.23. The van der Waals surface area contributed by atoms with Gasteiger partial charge in [0.25, 0.3) is 0 Å². The zero-order chi connectivity index (χ0) is 7.56. The molecule has 0 amide bonds. The van der Waals surface area contributed by atoms with Gasteiger partial charge in [0.05, 0.1) is 5.92 Å². The standard InChI is InChI=1S/C6H8ClNO2/c7-8-5-2-1-4(3-5)6(9)10/h1-2,4-5,8H,3H2,(H,9,10)/t4-,5+/m0/s1. The minimum Gasteiger partial charge on any atom is -0.481 e. The highest BCUT2D eigenvalue weighted by atomic mass is 35.5. The number of hydrogen-bond donors (Lipinski definition) is 2. The molecule has 2 atom stereocenters. The minimum atomic E-state index is -0.786. The van der Waals surface area contributed by atoms with E-state index in [4.69, 9.17) is 16.9 Å². The van der Waals surface area contributed by atoms with Crippen molar-refractivity contribution in [2.75, 3.05) is 0 Å². The van der Waals surface area contributed by atoms with Crippen molar-refractivity contribution in [1.82, 2.24) is 4.84 Å². The first-order valence-corrected chi connectivity index (χ1v) is 3.39. The smallest absolute Gasteiger partial charge is 0.310 e. The first kappa shape index (κ1) is 7.57. The molecule has 1 aliphatic rings. The molecule has 2 N–H and O–H groups in total. The molecule has 56 valence electrons. The van der Waals surface area contributed by atoms with Crippen molar-refractivity contribution < 1.29 is 9.90 Å². The lowest BCUT2D eigenvalue weighted by atomic mass is 10.1. The van der Waals surface area contributed by atoms with Crippen LogP contribution in [0.1, 0.15) is 6.42 Å². The van der Waals surface area contributed by atoms with Crippen molar-refractivity contribution in [2.45, 2.75) is 12.5 Å². The van der Waals surface area contributed by atoms with Gasteiger partial charge < -0.3 is 5.11 Å². The van der Waals surface area contributed by atoms with Crippen molar-refractivity contribution in [3.8, 4) is 0 Å². The number of carbonyl (C=O) groups is 1. The molecule has 4 heteroatoms. The normalized spacial score (nSPS) is 30.9. The van der Waals surface area contributed by atoms with Gasteiger partial charge in [0, 0.05) is 6.04 Å². The number of carboxylic acid groups (broad SMARTS) is 1. The van der Waals surface area contributed by atoms with Gasteiger partial charge in [-0.3, -0.25) is 4.79 Å². The monoisotopic (exact) mass is 161 g/mol. The van der Waals surface area contributed by atoms with Crippen LogP contribution in [0.25, 0.3) is 0 Å². The van der Waals surface area contributed by atoms with Crippen LogP contribution in [0.2, 0.25) is 0 Å². The Balaban J connectivity index is 2.45. The summed E-state index contributed by atoms with van der Waals surface area (Å²) in [5.41, 5.74) is 0. The molecule has 0 saturated carbocycles. The average molecular weight is 162 g/mol. The molecule has 0 aliphatic heterocycles. The summed E-state index contributed by atoms with van der Waals surface area (Å²) in [5, 5.41) is 8.50. The predicted molar refractivity (Wildman–Crippen MR) is 37.7 cm³/mol. The Morgan fingerprint density at radius 3 is 2.70 bits per heavy atom. The van der Waals surface area contributed by atoms with E-state index < -0.39 is 5.97 Å². The van der Waals surface area contributed by atoms with E-state index in [-0.39, 0.29) is 12.0 Å². The number of rotatable bonds is 2. The summed E-state index contributed by atoms with van der Waals surface area (Å²) in [4.78, 5) is 12.8. The number of nitrogens with one attached hydrogen (secondary N) is 1. The average Bonchev–Trinajstić information content (AvgIpc) is 2.34. The molecular formula is C6H8ClNO2. The van der Waals surface area contributed by atoms with Crippen molar-refractivity contribution in [3.05, 3.63) is 12.2 Å². The summed E-state index contributed by atoms with van der Waals surface area (Å²) in [6.07, 6.45) is 3.98. The van der Waals surface area contributed by atoms with Gasteiger partial charge in [0.15, 0.2) is 0 Å². The van der Waals surface area contributed by atoms with Crippen LogP contribution in [0.3, 0.4) is 0 Å². The molecule has 0 radical (unpaired) electrons. The van der Waals surface area contributed by atoms with Gasteiger partial charge in [0.2, 0.25) is 0 Å². The van der Waals surface area contributed by atoms with Crippen LogP contribution < -0.4 is 4.84 Å². The molecule has 0 heterocycles. The van der Waals surface area contributed by atoms with Crippen LogP contribution in [0, 0.1) is 5.92 Å². The molecule has 0 aromatic carbocycles. The van der Waals surface area contributed by atoms with Crippen molar-refractivity contribution in [3.63, 3.8) is 0 Å². The van der Waals surface area contributed by atoms with E-state index in [0.717, 1.165) is 0 Å². The first-order valence-electron chi connectivity index (χ1n) is 3.01. The van der Waals surface area contributed by atoms with E-state index in [1.165, 1.54) is 0 Å². The van der Waals surface area contributed by atoms with Gasteiger partial charge in [-0.25, -0.2) is 4.84 Å². The fraction of sp³-hybridized carbons (Fsp3) is 0.500. The molecule has 10 heavy (non-hydrogen) atoms. The van der Waals surface area contributed by atoms with Crippen LogP contribution in [-0.4, -0.2) is 17.1 Å². The maximum absolute atomic E-state index is 10.3. The second-order valence-electron chi connectivity index (χ2n) is 2.28. The summed E-state index contributed by atoms with van der Waals surface area (Å²) in [6, 6.07) is 0.0165. The third-order valence-corrected chi connectivity index (χ3v) is 1.82. The molecule has 3 nitrogen and oxygen atoms in total. The number of hydrogen-bond acceptors (Lipinski definition) is 2. The summed E-state index contributed by atoms with van der Waals surface area (Å²) in [7, 11) is 0. The van der Waals surface area contributed by atoms with Gasteiger partial charge in [0.1, 0.15) is 0 Å². The Hall–Kier alpha value is -0.540. The maximum atomic E-state index is 10.3. The topological polar surface area (TPSA) is 49.3 Å². The molecule has 0 aromatic rings. The fourth-order valence-corrected chi connectivity index (χ4v) is 1.12. The Kier molecular flexibility index (Phi) is 2.29. The Bertz CT molecular complexity index is 169. The van der Waals surface area contributed by atoms with E-state index in [2.05, 4.69) is 4.84 Å². The van der Waals surface area contributed by atoms with Crippen LogP contribution in [0.15, 0.2) is 12.2 Å². The number of halogens is 1. The molecule has 1 rings (SSSR count). The fourth-order valence-electron chi connectivity index (χ4n) is 0.963. The van der Waals surface area contributed by atoms with E-state index >= 15 is 0 Å². The van der Waals surface area contributed by atoms with Gasteiger partial charge in [-0.1, -0.05) is 12.2 Å². The summed E-state index contributed by atoms with van der Waals surface area (Å²) in [6.45, 7) is 0. The minimum absolute atomic E-state index is 0.0165. The Morgan fingerprint density at radius 1 is 1.70 bits per heavy atom. The Labute approximate surface area is 63.8 Å². The second-order valence-corrected chi connectivity index (χ2v) is 2.50. The quantitative estimate of drug-likeness (QED) is 0.465. The summed E-state index contributed by atoms with van der Waals surface area (Å²) >= 11 is 5.28. The van der Waals surface area contributed by atoms with Crippen LogP contribution in [0.5, 0.6) is 0 Å². The SMILES string of the molecule is O=C(O)[C@H]1C=C[C@@H](NCl)C1. The molecule has 0 fully saturated rings. The van der Waals surface area contributed by atoms with Crippen LogP contribution in [-0.2, 0) is 4.79 Å². The van der Waals surface area contributed by atoms with Crippen molar-refractivity contribution in [2.24, 2.45) is 5.92 Å². The lowest BCUT2D eigenvalue weighted by molar-refractivity contribution is -0.140.